The number of nitriles is 1. The minimum atomic E-state index is -0.495. The molecule has 0 N–H and O–H groups in total. The SMILES string of the molecule is Cc1ccc(-c2cc(-c3ccc(Cl)cc3)nc(Sc3ncccc3[N+](=O)[O-])c2C#N)cc1. The first kappa shape index (κ1) is 21.5. The Hall–Kier alpha value is -3.73. The van der Waals surface area contributed by atoms with Crippen molar-refractivity contribution in [1.82, 2.24) is 9.97 Å². The first-order valence-electron chi connectivity index (χ1n) is 9.51. The smallest absolute Gasteiger partial charge is 0.258 e. The van der Waals surface area contributed by atoms with Gasteiger partial charge in [0.2, 0.25) is 0 Å². The lowest BCUT2D eigenvalue weighted by atomic mass is 9.98. The van der Waals surface area contributed by atoms with Crippen LogP contribution in [0.25, 0.3) is 22.4 Å². The molecule has 0 bridgehead atoms. The first-order valence-corrected chi connectivity index (χ1v) is 10.7. The van der Waals surface area contributed by atoms with Gasteiger partial charge in [0.15, 0.2) is 5.03 Å². The third-order valence-corrected chi connectivity index (χ3v) is 5.99. The van der Waals surface area contributed by atoms with Crippen LogP contribution < -0.4 is 0 Å². The number of pyridine rings is 2. The summed E-state index contributed by atoms with van der Waals surface area (Å²) in [6.45, 7) is 1.99. The van der Waals surface area contributed by atoms with E-state index in [0.29, 0.717) is 26.9 Å². The van der Waals surface area contributed by atoms with E-state index < -0.39 is 4.92 Å². The third-order valence-electron chi connectivity index (χ3n) is 4.74. The number of aryl methyl sites for hydroxylation is 1. The maximum Gasteiger partial charge on any atom is 0.301 e. The van der Waals surface area contributed by atoms with E-state index in [0.717, 1.165) is 28.5 Å². The van der Waals surface area contributed by atoms with E-state index in [-0.39, 0.29) is 10.7 Å². The van der Waals surface area contributed by atoms with Crippen LogP contribution in [0.5, 0.6) is 0 Å². The van der Waals surface area contributed by atoms with E-state index in [9.17, 15) is 15.4 Å². The maximum atomic E-state index is 11.5. The molecule has 8 heteroatoms. The number of nitro groups is 1. The molecule has 32 heavy (non-hydrogen) atoms. The van der Waals surface area contributed by atoms with E-state index >= 15 is 0 Å². The van der Waals surface area contributed by atoms with Crippen molar-refractivity contribution in [2.24, 2.45) is 0 Å². The van der Waals surface area contributed by atoms with Gasteiger partial charge in [-0.15, -0.1) is 0 Å². The maximum absolute atomic E-state index is 11.5. The van der Waals surface area contributed by atoms with Crippen molar-refractivity contribution in [3.05, 3.63) is 99.2 Å². The highest BCUT2D eigenvalue weighted by Gasteiger charge is 2.21. The van der Waals surface area contributed by atoms with Crippen LogP contribution in [0.15, 0.2) is 83.0 Å². The highest BCUT2D eigenvalue weighted by Crippen LogP contribution is 2.39. The molecule has 0 spiro atoms. The van der Waals surface area contributed by atoms with Crippen LogP contribution in [0.3, 0.4) is 0 Å². The summed E-state index contributed by atoms with van der Waals surface area (Å²) in [6.07, 6.45) is 1.48. The highest BCUT2D eigenvalue weighted by molar-refractivity contribution is 7.99. The molecule has 0 aliphatic carbocycles. The molecule has 0 aliphatic rings. The molecule has 0 atom stereocenters. The Morgan fingerprint density at radius 2 is 1.72 bits per heavy atom. The van der Waals surface area contributed by atoms with Crippen molar-refractivity contribution in [2.75, 3.05) is 0 Å². The lowest BCUT2D eigenvalue weighted by molar-refractivity contribution is -0.388. The van der Waals surface area contributed by atoms with Crippen LogP contribution in [0.1, 0.15) is 11.1 Å². The molecule has 0 unspecified atom stereocenters. The summed E-state index contributed by atoms with van der Waals surface area (Å²) in [5, 5.41) is 22.6. The van der Waals surface area contributed by atoms with Crippen LogP contribution in [-0.2, 0) is 0 Å². The second-order valence-electron chi connectivity index (χ2n) is 6.91. The summed E-state index contributed by atoms with van der Waals surface area (Å²) in [4.78, 5) is 19.8. The van der Waals surface area contributed by atoms with Crippen LogP contribution in [0.4, 0.5) is 5.69 Å². The molecule has 2 heterocycles. The van der Waals surface area contributed by atoms with Crippen LogP contribution >= 0.6 is 23.4 Å². The Bertz CT molecular complexity index is 1350. The molecular weight excluding hydrogens is 444 g/mol. The summed E-state index contributed by atoms with van der Waals surface area (Å²) < 4.78 is 0. The molecule has 0 saturated carbocycles. The van der Waals surface area contributed by atoms with Gasteiger partial charge >= 0.3 is 5.69 Å². The Kier molecular flexibility index (Phi) is 6.17. The fourth-order valence-electron chi connectivity index (χ4n) is 3.12. The van der Waals surface area contributed by atoms with E-state index in [4.69, 9.17) is 11.6 Å². The second kappa shape index (κ2) is 9.18. The molecule has 0 saturated heterocycles. The summed E-state index contributed by atoms with van der Waals surface area (Å²) in [5.41, 5.74) is 4.25. The molecule has 2 aromatic heterocycles. The predicted molar refractivity (Wildman–Crippen MR) is 125 cm³/mol. The van der Waals surface area contributed by atoms with Gasteiger partial charge in [-0.1, -0.05) is 53.6 Å². The molecule has 4 aromatic rings. The summed E-state index contributed by atoms with van der Waals surface area (Å²) >= 11 is 7.04. The number of aromatic nitrogens is 2. The highest BCUT2D eigenvalue weighted by atomic mass is 35.5. The van der Waals surface area contributed by atoms with Gasteiger partial charge in [-0.25, -0.2) is 9.97 Å². The number of benzene rings is 2. The van der Waals surface area contributed by atoms with Gasteiger partial charge in [0.25, 0.3) is 0 Å². The summed E-state index contributed by atoms with van der Waals surface area (Å²) in [6, 6.07) is 22.0. The zero-order valence-electron chi connectivity index (χ0n) is 16.8. The Morgan fingerprint density at radius 1 is 1.03 bits per heavy atom. The minimum Gasteiger partial charge on any atom is -0.258 e. The molecule has 0 aliphatic heterocycles. The van der Waals surface area contributed by atoms with E-state index in [1.807, 2.05) is 49.4 Å². The lowest BCUT2D eigenvalue weighted by Crippen LogP contribution is -1.98. The largest absolute Gasteiger partial charge is 0.301 e. The van der Waals surface area contributed by atoms with Crippen LogP contribution in [-0.4, -0.2) is 14.9 Å². The molecule has 4 rings (SSSR count). The average molecular weight is 459 g/mol. The van der Waals surface area contributed by atoms with Gasteiger partial charge in [-0.05, 0) is 48.5 Å². The number of halogens is 1. The molecule has 156 valence electrons. The molecule has 0 fully saturated rings. The van der Waals surface area contributed by atoms with E-state index in [1.54, 1.807) is 12.1 Å². The van der Waals surface area contributed by atoms with Gasteiger partial charge in [0.1, 0.15) is 11.1 Å². The first-order chi connectivity index (χ1) is 15.5. The van der Waals surface area contributed by atoms with Crippen molar-refractivity contribution in [1.29, 1.82) is 5.26 Å². The number of rotatable bonds is 5. The van der Waals surface area contributed by atoms with Crippen LogP contribution in [0, 0.1) is 28.4 Å². The predicted octanol–water partition coefficient (Wildman–Crippen LogP) is 6.70. The Morgan fingerprint density at radius 3 is 2.38 bits per heavy atom. The van der Waals surface area contributed by atoms with Gasteiger partial charge in [0.05, 0.1) is 16.2 Å². The fraction of sp³-hybridized carbons (Fsp3) is 0.0417. The molecule has 0 amide bonds. The zero-order chi connectivity index (χ0) is 22.7. The van der Waals surface area contributed by atoms with Gasteiger partial charge in [-0.3, -0.25) is 10.1 Å². The number of hydrogen-bond acceptors (Lipinski definition) is 6. The van der Waals surface area contributed by atoms with Gasteiger partial charge < -0.3 is 0 Å². The van der Waals surface area contributed by atoms with Crippen molar-refractivity contribution < 1.29 is 4.92 Å². The Balaban J connectivity index is 1.93. The fourth-order valence-corrected chi connectivity index (χ4v) is 4.20. The van der Waals surface area contributed by atoms with Gasteiger partial charge in [0, 0.05) is 28.4 Å². The quantitative estimate of drug-likeness (QED) is 0.244. The number of nitrogens with zero attached hydrogens (tertiary/aromatic N) is 4. The van der Waals surface area contributed by atoms with Crippen LogP contribution in [0.2, 0.25) is 5.02 Å². The topological polar surface area (TPSA) is 92.7 Å². The summed E-state index contributed by atoms with van der Waals surface area (Å²) in [5.74, 6) is 0. The minimum absolute atomic E-state index is 0.142. The van der Waals surface area contributed by atoms with Crippen molar-refractivity contribution in [2.45, 2.75) is 17.0 Å². The van der Waals surface area contributed by atoms with E-state index in [1.165, 1.54) is 18.3 Å². The standard InChI is InChI=1S/C24H15ClN4O2S/c1-15-4-6-16(7-5-15)19-13-21(17-8-10-18(25)11-9-17)28-23(20(19)14-26)32-24-22(29(30)31)3-2-12-27-24/h2-13H,1H3. The van der Waals surface area contributed by atoms with Crippen molar-refractivity contribution >= 4 is 29.1 Å². The normalized spacial score (nSPS) is 10.5. The molecule has 6 nitrogen and oxygen atoms in total. The lowest BCUT2D eigenvalue weighted by Gasteiger charge is -2.13. The monoisotopic (exact) mass is 458 g/mol. The molecule has 2 aromatic carbocycles. The summed E-state index contributed by atoms with van der Waals surface area (Å²) in [7, 11) is 0. The second-order valence-corrected chi connectivity index (χ2v) is 8.32. The zero-order valence-corrected chi connectivity index (χ0v) is 18.4. The van der Waals surface area contributed by atoms with Crippen molar-refractivity contribution in [3.63, 3.8) is 0 Å². The molecular formula is C24H15ClN4O2S. The number of hydrogen-bond donors (Lipinski definition) is 0. The van der Waals surface area contributed by atoms with Gasteiger partial charge in [-0.2, -0.15) is 5.26 Å². The van der Waals surface area contributed by atoms with Crippen molar-refractivity contribution in [3.8, 4) is 28.5 Å². The van der Waals surface area contributed by atoms with E-state index in [2.05, 4.69) is 16.0 Å². The molecule has 0 radical (unpaired) electrons. The Labute approximate surface area is 193 Å². The third kappa shape index (κ3) is 4.47. The average Bonchev–Trinajstić information content (AvgIpc) is 2.80.